The van der Waals surface area contributed by atoms with Gasteiger partial charge in [-0.15, -0.1) is 0 Å². The third-order valence-electron chi connectivity index (χ3n) is 5.45. The number of carbonyl (C=O) groups excluding carboxylic acids is 2. The predicted molar refractivity (Wildman–Crippen MR) is 123 cm³/mol. The Hall–Kier alpha value is -2.36. The Morgan fingerprint density at radius 3 is 1.20 bits per heavy atom. The van der Waals surface area contributed by atoms with Crippen LogP contribution in [0.3, 0.4) is 0 Å². The second-order valence-electron chi connectivity index (χ2n) is 10.2. The Labute approximate surface area is 181 Å². The van der Waals surface area contributed by atoms with Crippen LogP contribution < -0.4 is 9.47 Å². The SMILES string of the molecule is CC(=O)C(C)Oc1c(C(C)(C)C)ccc2c(OC(C)C(C)=O)c(C(C)(C)C)ccc12. The average molecular weight is 413 g/mol. The van der Waals surface area contributed by atoms with Gasteiger partial charge in [0.2, 0.25) is 0 Å². The summed E-state index contributed by atoms with van der Waals surface area (Å²) >= 11 is 0. The molecule has 0 N–H and O–H groups in total. The molecule has 0 spiro atoms. The van der Waals surface area contributed by atoms with E-state index in [1.165, 1.54) is 13.8 Å². The summed E-state index contributed by atoms with van der Waals surface area (Å²) in [5.74, 6) is 1.34. The van der Waals surface area contributed by atoms with E-state index in [0.29, 0.717) is 11.5 Å². The zero-order valence-electron chi connectivity index (χ0n) is 20.1. The molecule has 0 bridgehead atoms. The second-order valence-corrected chi connectivity index (χ2v) is 10.2. The molecule has 0 fully saturated rings. The highest BCUT2D eigenvalue weighted by Gasteiger charge is 2.28. The molecule has 164 valence electrons. The number of hydrogen-bond donors (Lipinski definition) is 0. The molecule has 2 unspecified atom stereocenters. The molecule has 2 aromatic rings. The van der Waals surface area contributed by atoms with E-state index in [0.717, 1.165) is 21.9 Å². The van der Waals surface area contributed by atoms with Gasteiger partial charge in [0, 0.05) is 21.9 Å². The van der Waals surface area contributed by atoms with Crippen LogP contribution in [0.15, 0.2) is 24.3 Å². The molecule has 2 atom stereocenters. The molecule has 4 nitrogen and oxygen atoms in total. The lowest BCUT2D eigenvalue weighted by molar-refractivity contribution is -0.123. The first-order chi connectivity index (χ1) is 13.6. The van der Waals surface area contributed by atoms with Crippen LogP contribution >= 0.6 is 0 Å². The van der Waals surface area contributed by atoms with E-state index in [1.807, 2.05) is 24.3 Å². The van der Waals surface area contributed by atoms with E-state index >= 15 is 0 Å². The van der Waals surface area contributed by atoms with Crippen molar-refractivity contribution in [1.29, 1.82) is 0 Å². The van der Waals surface area contributed by atoms with Crippen LogP contribution in [0.1, 0.15) is 80.4 Å². The maximum atomic E-state index is 11.9. The van der Waals surface area contributed by atoms with E-state index in [2.05, 4.69) is 41.5 Å². The van der Waals surface area contributed by atoms with Crippen LogP contribution in [0.5, 0.6) is 11.5 Å². The third-order valence-corrected chi connectivity index (χ3v) is 5.45. The Balaban J connectivity index is 2.88. The zero-order chi connectivity index (χ0) is 23.0. The standard InChI is InChI=1S/C26H36O4/c1-15(27)17(3)29-23-19-11-14-22(26(8,9)10)24(30-18(4)16(2)28)20(19)12-13-21(23)25(5,6)7/h11-14,17-18H,1-10H3. The number of ether oxygens (including phenoxy) is 2. The molecule has 4 heteroatoms. The fraction of sp³-hybridized carbons (Fsp3) is 0.538. The Morgan fingerprint density at radius 2 is 0.967 bits per heavy atom. The monoisotopic (exact) mass is 412 g/mol. The number of benzene rings is 2. The van der Waals surface area contributed by atoms with Crippen LogP contribution in [0.4, 0.5) is 0 Å². The predicted octanol–water partition coefficient (Wildman–Crippen LogP) is 6.15. The number of carbonyl (C=O) groups is 2. The van der Waals surface area contributed by atoms with Gasteiger partial charge in [0.1, 0.15) is 11.5 Å². The lowest BCUT2D eigenvalue weighted by atomic mass is 9.82. The van der Waals surface area contributed by atoms with Crippen molar-refractivity contribution in [2.75, 3.05) is 0 Å². The first kappa shape index (κ1) is 23.9. The lowest BCUT2D eigenvalue weighted by Gasteiger charge is -2.29. The normalized spacial score (nSPS) is 14.3. The van der Waals surface area contributed by atoms with E-state index in [9.17, 15) is 9.59 Å². The highest BCUT2D eigenvalue weighted by Crippen LogP contribution is 2.44. The number of hydrogen-bond acceptors (Lipinski definition) is 4. The van der Waals surface area contributed by atoms with Gasteiger partial charge in [-0.2, -0.15) is 0 Å². The molecule has 2 rings (SSSR count). The molecular weight excluding hydrogens is 376 g/mol. The maximum absolute atomic E-state index is 11.9. The summed E-state index contributed by atoms with van der Waals surface area (Å²) in [4.78, 5) is 23.9. The van der Waals surface area contributed by atoms with Crippen molar-refractivity contribution in [2.45, 2.75) is 92.3 Å². The van der Waals surface area contributed by atoms with Crippen LogP contribution in [-0.4, -0.2) is 23.8 Å². The summed E-state index contributed by atoms with van der Waals surface area (Å²) in [6.07, 6.45) is -1.11. The molecule has 0 aliphatic heterocycles. The van der Waals surface area contributed by atoms with Crippen molar-refractivity contribution >= 4 is 22.3 Å². The van der Waals surface area contributed by atoms with Crippen molar-refractivity contribution in [3.63, 3.8) is 0 Å². The molecule has 30 heavy (non-hydrogen) atoms. The van der Waals surface area contributed by atoms with E-state index < -0.39 is 12.2 Å². The van der Waals surface area contributed by atoms with Gasteiger partial charge in [-0.25, -0.2) is 0 Å². The molecule has 0 amide bonds. The van der Waals surface area contributed by atoms with Crippen molar-refractivity contribution in [1.82, 2.24) is 0 Å². The van der Waals surface area contributed by atoms with Crippen molar-refractivity contribution in [3.05, 3.63) is 35.4 Å². The molecule has 0 aliphatic carbocycles. The van der Waals surface area contributed by atoms with Gasteiger partial charge in [0.05, 0.1) is 0 Å². The highest BCUT2D eigenvalue weighted by atomic mass is 16.5. The van der Waals surface area contributed by atoms with Crippen LogP contribution in [0, 0.1) is 0 Å². The summed E-state index contributed by atoms with van der Waals surface area (Å²) in [6.45, 7) is 19.3. The van der Waals surface area contributed by atoms with Gasteiger partial charge in [-0.1, -0.05) is 65.8 Å². The van der Waals surface area contributed by atoms with Crippen LogP contribution in [-0.2, 0) is 20.4 Å². The minimum Gasteiger partial charge on any atom is -0.482 e. The van der Waals surface area contributed by atoms with Gasteiger partial charge in [-0.05, 0) is 38.5 Å². The molecule has 0 aromatic heterocycles. The summed E-state index contributed by atoms with van der Waals surface area (Å²) < 4.78 is 12.4. The average Bonchev–Trinajstić information content (AvgIpc) is 2.59. The van der Waals surface area contributed by atoms with Crippen LogP contribution in [0.25, 0.3) is 10.8 Å². The van der Waals surface area contributed by atoms with Crippen molar-refractivity contribution in [2.24, 2.45) is 0 Å². The van der Waals surface area contributed by atoms with Crippen LogP contribution in [0.2, 0.25) is 0 Å². The van der Waals surface area contributed by atoms with Gasteiger partial charge < -0.3 is 9.47 Å². The topological polar surface area (TPSA) is 52.6 Å². The fourth-order valence-corrected chi connectivity index (χ4v) is 3.31. The van der Waals surface area contributed by atoms with E-state index in [4.69, 9.17) is 9.47 Å². The maximum Gasteiger partial charge on any atom is 0.169 e. The van der Waals surface area contributed by atoms with E-state index in [-0.39, 0.29) is 22.4 Å². The van der Waals surface area contributed by atoms with Crippen molar-refractivity contribution < 1.29 is 19.1 Å². The minimum atomic E-state index is -0.556. The number of rotatable bonds is 6. The third kappa shape index (κ3) is 5.03. The first-order valence-electron chi connectivity index (χ1n) is 10.6. The van der Waals surface area contributed by atoms with Crippen molar-refractivity contribution in [3.8, 4) is 11.5 Å². The Morgan fingerprint density at radius 1 is 0.667 bits per heavy atom. The highest BCUT2D eigenvalue weighted by molar-refractivity contribution is 5.96. The molecular formula is C26H36O4. The Kier molecular flexibility index (Phi) is 6.70. The number of ketones is 2. The summed E-state index contributed by atoms with van der Waals surface area (Å²) in [7, 11) is 0. The molecule has 2 aromatic carbocycles. The molecule has 0 radical (unpaired) electrons. The minimum absolute atomic E-state index is 0.0279. The van der Waals surface area contributed by atoms with Gasteiger partial charge in [0.25, 0.3) is 0 Å². The van der Waals surface area contributed by atoms with Gasteiger partial charge in [0.15, 0.2) is 23.8 Å². The summed E-state index contributed by atoms with van der Waals surface area (Å²) in [5, 5.41) is 1.77. The fourth-order valence-electron chi connectivity index (χ4n) is 3.31. The molecule has 0 saturated carbocycles. The smallest absolute Gasteiger partial charge is 0.169 e. The van der Waals surface area contributed by atoms with Gasteiger partial charge in [-0.3, -0.25) is 9.59 Å². The molecule has 0 heterocycles. The zero-order valence-corrected chi connectivity index (χ0v) is 20.1. The Bertz CT molecular complexity index is 878. The second kappa shape index (κ2) is 8.41. The van der Waals surface area contributed by atoms with Gasteiger partial charge >= 0.3 is 0 Å². The summed E-state index contributed by atoms with van der Waals surface area (Å²) in [6, 6.07) is 8.17. The lowest BCUT2D eigenvalue weighted by Crippen LogP contribution is -2.25. The number of fused-ring (bicyclic) bond motifs is 1. The molecule has 0 aliphatic rings. The first-order valence-corrected chi connectivity index (χ1v) is 10.6. The largest absolute Gasteiger partial charge is 0.482 e. The molecule has 0 saturated heterocycles. The summed E-state index contributed by atoms with van der Waals surface area (Å²) in [5.41, 5.74) is 1.71. The van der Waals surface area contributed by atoms with E-state index in [1.54, 1.807) is 13.8 Å². The number of Topliss-reactive ketones (excluding diaryl/α,β-unsaturated/α-hetero) is 2. The quantitative estimate of drug-likeness (QED) is 0.571.